The molecule has 1 aromatic heterocycles. The van der Waals surface area contributed by atoms with Crippen LogP contribution in [0.2, 0.25) is 0 Å². The molecule has 0 saturated carbocycles. The van der Waals surface area contributed by atoms with E-state index in [0.29, 0.717) is 5.69 Å². The predicted octanol–water partition coefficient (Wildman–Crippen LogP) is 2.25. The van der Waals surface area contributed by atoms with Gasteiger partial charge in [0.2, 0.25) is 0 Å². The number of carbonyl (C=O) groups excluding carboxylic acids is 2. The van der Waals surface area contributed by atoms with Crippen molar-refractivity contribution in [2.75, 3.05) is 12.4 Å². The van der Waals surface area contributed by atoms with Crippen LogP contribution in [-0.4, -0.2) is 19.0 Å². The Hall–Kier alpha value is -2.56. The number of nitrogens with one attached hydrogen (secondary N) is 1. The van der Waals surface area contributed by atoms with E-state index in [1.54, 1.807) is 36.4 Å². The lowest BCUT2D eigenvalue weighted by Crippen LogP contribution is -2.11. The first-order valence-corrected chi connectivity index (χ1v) is 5.69. The number of anilines is 1. The van der Waals surface area contributed by atoms with E-state index < -0.39 is 0 Å². The van der Waals surface area contributed by atoms with Crippen molar-refractivity contribution in [1.82, 2.24) is 0 Å². The molecule has 1 amide bonds. The summed E-state index contributed by atoms with van der Waals surface area (Å²) in [6, 6.07) is 10.2. The molecule has 5 heteroatoms. The lowest BCUT2D eigenvalue weighted by atomic mass is 10.1. The number of methoxy groups -OCH3 is 1. The second kappa shape index (κ2) is 5.86. The van der Waals surface area contributed by atoms with Crippen LogP contribution >= 0.6 is 0 Å². The molecule has 0 atom stereocenters. The van der Waals surface area contributed by atoms with E-state index in [9.17, 15) is 9.59 Å². The molecule has 0 unspecified atom stereocenters. The molecular formula is C14H13NO4. The van der Waals surface area contributed by atoms with Gasteiger partial charge < -0.3 is 14.5 Å². The van der Waals surface area contributed by atoms with Crippen LogP contribution in [0, 0.1) is 0 Å². The number of rotatable bonds is 4. The number of carbonyl (C=O) groups is 2. The number of hydrogen-bond acceptors (Lipinski definition) is 4. The Kier molecular flexibility index (Phi) is 3.97. The molecule has 2 rings (SSSR count). The molecule has 5 nitrogen and oxygen atoms in total. The van der Waals surface area contributed by atoms with Crippen LogP contribution in [0.3, 0.4) is 0 Å². The summed E-state index contributed by atoms with van der Waals surface area (Å²) in [6.45, 7) is 0. The van der Waals surface area contributed by atoms with Gasteiger partial charge in [0, 0.05) is 5.69 Å². The van der Waals surface area contributed by atoms with Gasteiger partial charge in [-0.3, -0.25) is 9.59 Å². The Bertz CT molecular complexity index is 558. The zero-order chi connectivity index (χ0) is 13.7. The Morgan fingerprint density at radius 1 is 1.21 bits per heavy atom. The van der Waals surface area contributed by atoms with Gasteiger partial charge in [-0.1, -0.05) is 12.1 Å². The van der Waals surface area contributed by atoms with Crippen molar-refractivity contribution < 1.29 is 18.7 Å². The fraction of sp³-hybridized carbons (Fsp3) is 0.143. The fourth-order valence-electron chi connectivity index (χ4n) is 1.55. The second-order valence-electron chi connectivity index (χ2n) is 3.88. The molecule has 0 saturated heterocycles. The van der Waals surface area contributed by atoms with Crippen molar-refractivity contribution in [3.05, 3.63) is 54.0 Å². The lowest BCUT2D eigenvalue weighted by Gasteiger charge is -2.04. The fourth-order valence-corrected chi connectivity index (χ4v) is 1.55. The molecule has 0 bridgehead atoms. The van der Waals surface area contributed by atoms with Gasteiger partial charge in [0.1, 0.15) is 0 Å². The molecule has 1 N–H and O–H groups in total. The highest BCUT2D eigenvalue weighted by Crippen LogP contribution is 2.12. The first-order chi connectivity index (χ1) is 9.19. The topological polar surface area (TPSA) is 68.5 Å². The van der Waals surface area contributed by atoms with Gasteiger partial charge in [0.25, 0.3) is 5.91 Å². The van der Waals surface area contributed by atoms with Crippen LogP contribution in [0.25, 0.3) is 0 Å². The molecule has 0 spiro atoms. The molecule has 0 aliphatic heterocycles. The van der Waals surface area contributed by atoms with Crippen LogP contribution in [0.4, 0.5) is 5.69 Å². The number of amides is 1. The number of ether oxygens (including phenoxy) is 1. The van der Waals surface area contributed by atoms with Gasteiger partial charge in [0.05, 0.1) is 19.8 Å². The third kappa shape index (κ3) is 3.45. The minimum atomic E-state index is -0.314. The largest absolute Gasteiger partial charge is 0.469 e. The van der Waals surface area contributed by atoms with Gasteiger partial charge in [-0.05, 0) is 29.8 Å². The third-order valence-corrected chi connectivity index (χ3v) is 2.53. The van der Waals surface area contributed by atoms with Crippen LogP contribution in [-0.2, 0) is 16.0 Å². The molecule has 1 aromatic carbocycles. The zero-order valence-electron chi connectivity index (χ0n) is 10.4. The van der Waals surface area contributed by atoms with Gasteiger partial charge >= 0.3 is 5.97 Å². The van der Waals surface area contributed by atoms with Gasteiger partial charge in [0.15, 0.2) is 5.76 Å². The zero-order valence-corrected chi connectivity index (χ0v) is 10.4. The normalized spacial score (nSPS) is 9.95. The maximum atomic E-state index is 11.7. The molecule has 0 aliphatic rings. The van der Waals surface area contributed by atoms with E-state index in [-0.39, 0.29) is 24.1 Å². The standard InChI is InChI=1S/C14H13NO4/c1-18-13(16)9-10-4-6-11(7-5-10)15-14(17)12-3-2-8-19-12/h2-8H,9H2,1H3,(H,15,17). The number of benzene rings is 1. The average Bonchev–Trinajstić information content (AvgIpc) is 2.95. The van der Waals surface area contributed by atoms with E-state index in [1.165, 1.54) is 13.4 Å². The van der Waals surface area contributed by atoms with Gasteiger partial charge in [-0.25, -0.2) is 0 Å². The predicted molar refractivity (Wildman–Crippen MR) is 68.8 cm³/mol. The monoisotopic (exact) mass is 259 g/mol. The lowest BCUT2D eigenvalue weighted by molar-refractivity contribution is -0.139. The van der Waals surface area contributed by atoms with Crippen LogP contribution in [0.5, 0.6) is 0 Å². The highest BCUT2D eigenvalue weighted by molar-refractivity contribution is 6.02. The van der Waals surface area contributed by atoms with Crippen molar-refractivity contribution >= 4 is 17.6 Å². The summed E-state index contributed by atoms with van der Waals surface area (Å²) in [5.74, 6) is -0.364. The maximum absolute atomic E-state index is 11.7. The Morgan fingerprint density at radius 3 is 2.53 bits per heavy atom. The first kappa shape index (κ1) is 12.9. The summed E-state index contributed by atoms with van der Waals surface area (Å²) in [5.41, 5.74) is 1.46. The van der Waals surface area contributed by atoms with Crippen molar-refractivity contribution in [3.63, 3.8) is 0 Å². The minimum absolute atomic E-state index is 0.211. The van der Waals surface area contributed by atoms with Crippen LogP contribution < -0.4 is 5.32 Å². The summed E-state index contributed by atoms with van der Waals surface area (Å²) in [7, 11) is 1.35. The van der Waals surface area contributed by atoms with E-state index in [2.05, 4.69) is 10.1 Å². The molecule has 98 valence electrons. The highest BCUT2D eigenvalue weighted by atomic mass is 16.5. The first-order valence-electron chi connectivity index (χ1n) is 5.69. The van der Waals surface area contributed by atoms with Crippen molar-refractivity contribution in [3.8, 4) is 0 Å². The SMILES string of the molecule is COC(=O)Cc1ccc(NC(=O)c2ccco2)cc1. The highest BCUT2D eigenvalue weighted by Gasteiger charge is 2.08. The van der Waals surface area contributed by atoms with Crippen LogP contribution in [0.15, 0.2) is 47.1 Å². The average molecular weight is 259 g/mol. The van der Waals surface area contributed by atoms with E-state index in [0.717, 1.165) is 5.56 Å². The summed E-state index contributed by atoms with van der Waals surface area (Å²) >= 11 is 0. The second-order valence-corrected chi connectivity index (χ2v) is 3.88. The van der Waals surface area contributed by atoms with Crippen molar-refractivity contribution in [2.45, 2.75) is 6.42 Å². The Labute approximate surface area is 110 Å². The van der Waals surface area contributed by atoms with E-state index >= 15 is 0 Å². The molecule has 2 aromatic rings. The summed E-state index contributed by atoms with van der Waals surface area (Å²) in [4.78, 5) is 22.8. The van der Waals surface area contributed by atoms with E-state index in [1.807, 2.05) is 0 Å². The molecule has 1 heterocycles. The molecule has 0 aliphatic carbocycles. The number of hydrogen-bond donors (Lipinski definition) is 1. The van der Waals surface area contributed by atoms with Crippen LogP contribution in [0.1, 0.15) is 16.1 Å². The molecule has 0 radical (unpaired) electrons. The van der Waals surface area contributed by atoms with Gasteiger partial charge in [-0.15, -0.1) is 0 Å². The Morgan fingerprint density at radius 2 is 1.95 bits per heavy atom. The molecule has 19 heavy (non-hydrogen) atoms. The summed E-state index contributed by atoms with van der Waals surface area (Å²) in [5, 5.41) is 2.69. The smallest absolute Gasteiger partial charge is 0.309 e. The number of furan rings is 1. The minimum Gasteiger partial charge on any atom is -0.469 e. The Balaban J connectivity index is 1.99. The third-order valence-electron chi connectivity index (χ3n) is 2.53. The van der Waals surface area contributed by atoms with Gasteiger partial charge in [-0.2, -0.15) is 0 Å². The maximum Gasteiger partial charge on any atom is 0.309 e. The molecule has 0 fully saturated rings. The number of esters is 1. The van der Waals surface area contributed by atoms with Crippen molar-refractivity contribution in [2.24, 2.45) is 0 Å². The van der Waals surface area contributed by atoms with E-state index in [4.69, 9.17) is 4.42 Å². The van der Waals surface area contributed by atoms with Crippen molar-refractivity contribution in [1.29, 1.82) is 0 Å². The summed E-state index contributed by atoms with van der Waals surface area (Å²) in [6.07, 6.45) is 1.65. The molecular weight excluding hydrogens is 246 g/mol. The summed E-state index contributed by atoms with van der Waals surface area (Å²) < 4.78 is 9.56. The quantitative estimate of drug-likeness (QED) is 0.855.